The van der Waals surface area contributed by atoms with Crippen LogP contribution in [0.25, 0.3) is 0 Å². The molecule has 1 aromatic carbocycles. The number of likely N-dealkylation sites (tertiary alicyclic amines) is 1. The minimum atomic E-state index is -3.61. The highest BCUT2D eigenvalue weighted by Gasteiger charge is 2.34. The van der Waals surface area contributed by atoms with Crippen molar-refractivity contribution in [1.29, 1.82) is 0 Å². The summed E-state index contributed by atoms with van der Waals surface area (Å²) in [6.07, 6.45) is 5.16. The quantitative estimate of drug-likeness (QED) is 0.820. The Morgan fingerprint density at radius 2 is 1.82 bits per heavy atom. The summed E-state index contributed by atoms with van der Waals surface area (Å²) in [7, 11) is -3.61. The number of rotatable bonds is 4. The van der Waals surface area contributed by atoms with Gasteiger partial charge in [0.05, 0.1) is 22.3 Å². The van der Waals surface area contributed by atoms with Gasteiger partial charge in [-0.3, -0.25) is 9.89 Å². The lowest BCUT2D eigenvalue weighted by molar-refractivity contribution is 0.0791. The highest BCUT2D eigenvalue weighted by molar-refractivity contribution is 7.89. The van der Waals surface area contributed by atoms with E-state index in [2.05, 4.69) is 10.2 Å². The minimum absolute atomic E-state index is 0.0149. The molecule has 0 saturated carbocycles. The maximum Gasteiger partial charge on any atom is 0.257 e. The van der Waals surface area contributed by atoms with Gasteiger partial charge in [0.25, 0.3) is 5.91 Å². The van der Waals surface area contributed by atoms with Gasteiger partial charge >= 0.3 is 0 Å². The van der Waals surface area contributed by atoms with Crippen LogP contribution in [0.15, 0.2) is 35.4 Å². The van der Waals surface area contributed by atoms with E-state index < -0.39 is 10.0 Å². The normalized spacial score (nSPS) is 21.2. The highest BCUT2D eigenvalue weighted by atomic mass is 35.5. The molecule has 2 aromatic rings. The molecule has 2 aliphatic heterocycles. The van der Waals surface area contributed by atoms with Gasteiger partial charge in [-0.25, -0.2) is 8.42 Å². The van der Waals surface area contributed by atoms with Crippen LogP contribution in [0.3, 0.4) is 0 Å². The topological polar surface area (TPSA) is 86.4 Å². The molecule has 2 saturated heterocycles. The Bertz CT molecular complexity index is 952. The lowest BCUT2D eigenvalue weighted by atomic mass is 9.93. The number of H-pyrrole nitrogens is 1. The van der Waals surface area contributed by atoms with E-state index >= 15 is 0 Å². The molecule has 0 unspecified atom stereocenters. The van der Waals surface area contributed by atoms with Crippen molar-refractivity contribution >= 4 is 27.5 Å². The van der Waals surface area contributed by atoms with E-state index in [1.54, 1.807) is 18.3 Å². The third-order valence-corrected chi connectivity index (χ3v) is 7.67. The van der Waals surface area contributed by atoms with Gasteiger partial charge in [-0.2, -0.15) is 9.40 Å². The number of aromatic nitrogens is 2. The fourth-order valence-corrected chi connectivity index (χ4v) is 5.67. The number of halogens is 1. The maximum absolute atomic E-state index is 13.0. The molecule has 7 nitrogen and oxygen atoms in total. The van der Waals surface area contributed by atoms with Crippen LogP contribution >= 0.6 is 11.6 Å². The predicted octanol–water partition coefficient (Wildman–Crippen LogP) is 2.87. The zero-order chi connectivity index (χ0) is 19.7. The van der Waals surface area contributed by atoms with Crippen molar-refractivity contribution in [3.63, 3.8) is 0 Å². The molecule has 2 fully saturated rings. The van der Waals surface area contributed by atoms with Gasteiger partial charge in [-0.05, 0) is 49.9 Å². The molecule has 1 N–H and O–H groups in total. The molecule has 1 amide bonds. The van der Waals surface area contributed by atoms with Crippen molar-refractivity contribution in [1.82, 2.24) is 19.4 Å². The monoisotopic (exact) mass is 422 g/mol. The number of sulfonamides is 1. The first-order chi connectivity index (χ1) is 13.5. The first-order valence-electron chi connectivity index (χ1n) is 9.55. The molecule has 0 spiro atoms. The molecule has 4 rings (SSSR count). The van der Waals surface area contributed by atoms with Crippen LogP contribution in [-0.2, 0) is 10.0 Å². The Morgan fingerprint density at radius 1 is 1.11 bits per heavy atom. The van der Waals surface area contributed by atoms with Crippen molar-refractivity contribution in [3.8, 4) is 0 Å². The van der Waals surface area contributed by atoms with E-state index in [9.17, 15) is 13.2 Å². The number of carbonyl (C=O) groups excluding carboxylic acids is 1. The van der Waals surface area contributed by atoms with E-state index in [1.165, 1.54) is 16.4 Å². The van der Waals surface area contributed by atoms with Crippen LogP contribution in [-0.4, -0.2) is 59.9 Å². The first kappa shape index (κ1) is 19.4. The second-order valence-electron chi connectivity index (χ2n) is 7.35. The summed E-state index contributed by atoms with van der Waals surface area (Å²) in [5.41, 5.74) is 1.31. The van der Waals surface area contributed by atoms with Crippen LogP contribution in [0.2, 0.25) is 5.02 Å². The van der Waals surface area contributed by atoms with Crippen LogP contribution in [0.5, 0.6) is 0 Å². The van der Waals surface area contributed by atoms with Crippen LogP contribution in [0.1, 0.15) is 47.7 Å². The number of amides is 1. The summed E-state index contributed by atoms with van der Waals surface area (Å²) in [5, 5.41) is 7.55. The van der Waals surface area contributed by atoms with Gasteiger partial charge in [-0.1, -0.05) is 11.6 Å². The largest absolute Gasteiger partial charge is 0.339 e. The number of hydrogen-bond acceptors (Lipinski definition) is 4. The average molecular weight is 423 g/mol. The Morgan fingerprint density at radius 3 is 2.54 bits per heavy atom. The second-order valence-corrected chi connectivity index (χ2v) is 9.73. The molecule has 28 heavy (non-hydrogen) atoms. The fraction of sp³-hybridized carbons (Fsp3) is 0.474. The number of hydrogen-bond donors (Lipinski definition) is 1. The lowest BCUT2D eigenvalue weighted by Crippen LogP contribution is -2.39. The van der Waals surface area contributed by atoms with Crippen LogP contribution in [0.4, 0.5) is 0 Å². The third kappa shape index (κ3) is 3.68. The van der Waals surface area contributed by atoms with E-state index in [0.29, 0.717) is 23.7 Å². The number of nitrogens with zero attached hydrogens (tertiary/aromatic N) is 3. The minimum Gasteiger partial charge on any atom is -0.339 e. The number of benzene rings is 1. The highest BCUT2D eigenvalue weighted by Crippen LogP contribution is 2.32. The third-order valence-electron chi connectivity index (χ3n) is 5.54. The van der Waals surface area contributed by atoms with Crippen molar-refractivity contribution in [3.05, 3.63) is 46.7 Å². The van der Waals surface area contributed by atoms with E-state index in [1.807, 2.05) is 4.90 Å². The number of piperidine rings is 1. The Balaban J connectivity index is 1.56. The van der Waals surface area contributed by atoms with Crippen LogP contribution in [0, 0.1) is 0 Å². The molecule has 1 aromatic heterocycles. The number of aromatic amines is 1. The summed E-state index contributed by atoms with van der Waals surface area (Å²) in [4.78, 5) is 14.9. The molecule has 0 radical (unpaired) electrons. The van der Waals surface area contributed by atoms with Gasteiger partial charge in [0, 0.05) is 37.1 Å². The van der Waals surface area contributed by atoms with E-state index in [0.717, 1.165) is 44.5 Å². The maximum atomic E-state index is 13.0. The first-order valence-corrected chi connectivity index (χ1v) is 11.4. The van der Waals surface area contributed by atoms with Crippen molar-refractivity contribution in [2.24, 2.45) is 0 Å². The molecule has 0 bridgehead atoms. The molecule has 1 atom stereocenters. The van der Waals surface area contributed by atoms with Gasteiger partial charge in [0.15, 0.2) is 0 Å². The van der Waals surface area contributed by atoms with Gasteiger partial charge in [0.1, 0.15) is 0 Å². The zero-order valence-corrected chi connectivity index (χ0v) is 17.0. The standard InChI is InChI=1S/C19H23ClN4O3S/c20-15-5-7-16(8-6-15)28(26,27)24-11-3-4-14(13-24)18-17(12-21-22-18)19(25)23-9-1-2-10-23/h5-8,12,14H,1-4,9-11,13H2,(H,21,22)/t14-/m0/s1. The average Bonchev–Trinajstić information content (AvgIpc) is 3.40. The number of carbonyl (C=O) groups is 1. The molecular formula is C19H23ClN4O3S. The Hall–Kier alpha value is -1.90. The van der Waals surface area contributed by atoms with E-state index in [-0.39, 0.29) is 16.7 Å². The molecule has 3 heterocycles. The van der Waals surface area contributed by atoms with Gasteiger partial charge < -0.3 is 4.90 Å². The summed E-state index contributed by atoms with van der Waals surface area (Å²) < 4.78 is 27.5. The summed E-state index contributed by atoms with van der Waals surface area (Å²) in [6.45, 7) is 2.33. The predicted molar refractivity (Wildman–Crippen MR) is 106 cm³/mol. The van der Waals surface area contributed by atoms with Crippen molar-refractivity contribution < 1.29 is 13.2 Å². The summed E-state index contributed by atoms with van der Waals surface area (Å²) in [5.74, 6) is -0.0983. The molecule has 0 aliphatic carbocycles. The SMILES string of the molecule is O=C(c1cn[nH]c1[C@H]1CCCN(S(=O)(=O)c2ccc(Cl)cc2)C1)N1CCCC1. The molecular weight excluding hydrogens is 400 g/mol. The second kappa shape index (κ2) is 7.85. The van der Waals surface area contributed by atoms with Gasteiger partial charge in [0.2, 0.25) is 10.0 Å². The van der Waals surface area contributed by atoms with E-state index in [4.69, 9.17) is 11.6 Å². The fourth-order valence-electron chi connectivity index (χ4n) is 4.02. The summed E-state index contributed by atoms with van der Waals surface area (Å²) >= 11 is 5.88. The molecule has 150 valence electrons. The van der Waals surface area contributed by atoms with Gasteiger partial charge in [-0.15, -0.1) is 0 Å². The smallest absolute Gasteiger partial charge is 0.257 e. The molecule has 2 aliphatic rings. The zero-order valence-electron chi connectivity index (χ0n) is 15.5. The Labute approximate surface area is 169 Å². The summed E-state index contributed by atoms with van der Waals surface area (Å²) in [6, 6.07) is 6.22. The number of nitrogens with one attached hydrogen (secondary N) is 1. The van der Waals surface area contributed by atoms with Crippen molar-refractivity contribution in [2.45, 2.75) is 36.5 Å². The lowest BCUT2D eigenvalue weighted by Gasteiger charge is -2.32. The van der Waals surface area contributed by atoms with Crippen molar-refractivity contribution in [2.75, 3.05) is 26.2 Å². The molecule has 9 heteroatoms. The Kier molecular flexibility index (Phi) is 5.44. The van der Waals surface area contributed by atoms with Crippen LogP contribution < -0.4 is 0 Å².